The first-order valence-corrected chi connectivity index (χ1v) is 14.2. The highest BCUT2D eigenvalue weighted by Gasteiger charge is 2.67. The van der Waals surface area contributed by atoms with Crippen LogP contribution in [0.3, 0.4) is 0 Å². The van der Waals surface area contributed by atoms with Crippen molar-refractivity contribution in [1.82, 2.24) is 30.5 Å². The third kappa shape index (κ3) is 5.17. The van der Waals surface area contributed by atoms with Crippen molar-refractivity contribution < 1.29 is 13.2 Å². The number of aryl methyl sites for hydroxylation is 1. The number of nitrogens with zero attached hydrogens (tertiary/aromatic N) is 5. The zero-order chi connectivity index (χ0) is 30.7. The maximum atomic E-state index is 14.0. The second-order valence-corrected chi connectivity index (χ2v) is 12.7. The van der Waals surface area contributed by atoms with Gasteiger partial charge in [0.2, 0.25) is 0 Å². The number of hydrogen-bond acceptors (Lipinski definition) is 8. The fraction of sp³-hybridized carbons (Fsp3) is 0.367. The van der Waals surface area contributed by atoms with Gasteiger partial charge in [0.15, 0.2) is 5.54 Å². The molecule has 4 aromatic rings. The molecule has 1 aliphatic heterocycles. The van der Waals surface area contributed by atoms with Crippen LogP contribution in [0, 0.1) is 16.7 Å². The number of pyridine rings is 2. The minimum Gasteiger partial charge on any atom is -0.383 e. The number of halogens is 4. The number of benzene rings is 1. The molecule has 4 N–H and O–H groups in total. The molecule has 9 nitrogen and oxygen atoms in total. The minimum absolute atomic E-state index is 0.00406. The Morgan fingerprint density at radius 3 is 2.60 bits per heavy atom. The van der Waals surface area contributed by atoms with E-state index < -0.39 is 17.8 Å². The van der Waals surface area contributed by atoms with Gasteiger partial charge in [0, 0.05) is 54.8 Å². The zero-order valence-electron chi connectivity index (χ0n) is 24.1. The van der Waals surface area contributed by atoms with Gasteiger partial charge >= 0.3 is 6.18 Å². The van der Waals surface area contributed by atoms with Crippen molar-refractivity contribution in [2.75, 3.05) is 17.2 Å². The number of hydrazine groups is 2. The number of anilines is 2. The largest absolute Gasteiger partial charge is 0.413 e. The van der Waals surface area contributed by atoms with Gasteiger partial charge in [-0.05, 0) is 48.1 Å². The van der Waals surface area contributed by atoms with Crippen LogP contribution in [-0.2, 0) is 7.05 Å². The molecule has 13 heteroatoms. The molecule has 2 aliphatic rings. The van der Waals surface area contributed by atoms with Crippen molar-refractivity contribution in [2.45, 2.75) is 51.4 Å². The molecule has 1 aliphatic carbocycles. The normalized spacial score (nSPS) is 17.0. The molecule has 43 heavy (non-hydrogen) atoms. The molecule has 1 fully saturated rings. The van der Waals surface area contributed by atoms with E-state index >= 15 is 0 Å². The van der Waals surface area contributed by atoms with Gasteiger partial charge in [-0.3, -0.25) is 9.99 Å². The van der Waals surface area contributed by atoms with Crippen molar-refractivity contribution in [3.63, 3.8) is 0 Å². The van der Waals surface area contributed by atoms with E-state index in [0.29, 0.717) is 45.1 Å². The summed E-state index contributed by atoms with van der Waals surface area (Å²) in [6, 6.07) is 8.94. The number of nitriles is 1. The number of fused-ring (bicyclic) bond motifs is 2. The SMILES string of the molecule is Cn1ccc2c([C@H](Nc3cc(Cl)c4ncc(C#N)c(NCC(C)(C)C)c4c3)C3=CN(C4(C(F)(F)F)CC4)NN3)ccnc21. The predicted molar refractivity (Wildman–Crippen MR) is 161 cm³/mol. The van der Waals surface area contributed by atoms with E-state index in [9.17, 15) is 18.4 Å². The third-order valence-corrected chi connectivity index (χ3v) is 8.16. The van der Waals surface area contributed by atoms with Crippen LogP contribution in [0.15, 0.2) is 54.8 Å². The topological polar surface area (TPSA) is 106 Å². The molecule has 0 unspecified atom stereocenters. The van der Waals surface area contributed by atoms with Gasteiger partial charge in [-0.1, -0.05) is 32.4 Å². The van der Waals surface area contributed by atoms with Crippen molar-refractivity contribution in [2.24, 2.45) is 12.5 Å². The van der Waals surface area contributed by atoms with Crippen molar-refractivity contribution in [1.29, 1.82) is 5.26 Å². The van der Waals surface area contributed by atoms with E-state index in [-0.39, 0.29) is 18.3 Å². The molecule has 1 atom stereocenters. The Kier molecular flexibility index (Phi) is 6.86. The molecular weight excluding hydrogens is 579 g/mol. The first-order chi connectivity index (χ1) is 20.3. The van der Waals surface area contributed by atoms with Crippen LogP contribution in [-0.4, -0.2) is 37.8 Å². The van der Waals surface area contributed by atoms with E-state index in [2.05, 4.69) is 58.4 Å². The predicted octanol–water partition coefficient (Wildman–Crippen LogP) is 6.52. The van der Waals surface area contributed by atoms with Gasteiger partial charge in [-0.15, -0.1) is 5.53 Å². The number of rotatable bonds is 7. The lowest BCUT2D eigenvalue weighted by atomic mass is 9.96. The highest BCUT2D eigenvalue weighted by atomic mass is 35.5. The summed E-state index contributed by atoms with van der Waals surface area (Å²) in [5, 5.41) is 19.7. The molecule has 1 saturated carbocycles. The monoisotopic (exact) mass is 609 g/mol. The Morgan fingerprint density at radius 2 is 1.93 bits per heavy atom. The molecular formula is C30H31ClF3N9. The smallest absolute Gasteiger partial charge is 0.383 e. The quantitative estimate of drug-likeness (QED) is 0.188. The Labute approximate surface area is 251 Å². The Hall–Kier alpha value is -4.21. The highest BCUT2D eigenvalue weighted by Crippen LogP contribution is 2.54. The van der Waals surface area contributed by atoms with E-state index in [1.54, 1.807) is 12.3 Å². The molecule has 0 saturated heterocycles. The lowest BCUT2D eigenvalue weighted by Gasteiger charge is -2.28. The molecule has 0 bridgehead atoms. The first kappa shape index (κ1) is 28.9. The lowest BCUT2D eigenvalue weighted by molar-refractivity contribution is -0.195. The fourth-order valence-electron chi connectivity index (χ4n) is 5.38. The van der Waals surface area contributed by atoms with Crippen molar-refractivity contribution >= 4 is 44.9 Å². The fourth-order valence-corrected chi connectivity index (χ4v) is 5.65. The van der Waals surface area contributed by atoms with Crippen LogP contribution in [0.4, 0.5) is 24.5 Å². The zero-order valence-corrected chi connectivity index (χ0v) is 24.8. The van der Waals surface area contributed by atoms with Gasteiger partial charge in [-0.2, -0.15) is 18.4 Å². The standard InChI is InChI=1S/C30H31ClF3N9/c1-28(2,3)16-38-24-17(13-35)14-37-25-21(24)11-18(12-22(25)31)39-26(19-5-9-36-27-20(19)6-10-42(27)4)23-15-43(41-40-23)29(7-8-29)30(32,33)34/h5-6,9-12,14-15,26,39-41H,7-8,16H2,1-4H3,(H,37,38)/t26-/m0/s1. The van der Waals surface area contributed by atoms with Crippen LogP contribution < -0.4 is 21.6 Å². The molecule has 6 rings (SSSR count). The highest BCUT2D eigenvalue weighted by molar-refractivity contribution is 6.35. The van der Waals surface area contributed by atoms with E-state index in [4.69, 9.17) is 11.6 Å². The van der Waals surface area contributed by atoms with Crippen LogP contribution >= 0.6 is 11.6 Å². The molecule has 0 amide bonds. The maximum absolute atomic E-state index is 14.0. The number of aromatic nitrogens is 3. The van der Waals surface area contributed by atoms with Gasteiger partial charge in [-0.25, -0.2) is 4.98 Å². The van der Waals surface area contributed by atoms with Crippen molar-refractivity contribution in [3.05, 3.63) is 70.9 Å². The Balaban J connectivity index is 1.46. The summed E-state index contributed by atoms with van der Waals surface area (Å²) in [5.74, 6) is 0. The summed E-state index contributed by atoms with van der Waals surface area (Å²) in [7, 11) is 1.88. The average Bonchev–Trinajstić information content (AvgIpc) is 3.49. The van der Waals surface area contributed by atoms with E-state index in [1.165, 1.54) is 12.4 Å². The van der Waals surface area contributed by atoms with Crippen LogP contribution in [0.1, 0.15) is 50.8 Å². The van der Waals surface area contributed by atoms with Crippen molar-refractivity contribution in [3.8, 4) is 6.07 Å². The summed E-state index contributed by atoms with van der Waals surface area (Å²) >= 11 is 6.75. The van der Waals surface area contributed by atoms with Gasteiger partial charge < -0.3 is 20.6 Å². The summed E-state index contributed by atoms with van der Waals surface area (Å²) in [6.07, 6.45) is 2.15. The molecule has 1 aromatic carbocycles. The summed E-state index contributed by atoms with van der Waals surface area (Å²) in [4.78, 5) is 8.94. The van der Waals surface area contributed by atoms with Gasteiger partial charge in [0.1, 0.15) is 11.7 Å². The first-order valence-electron chi connectivity index (χ1n) is 13.8. The number of nitrogens with one attached hydrogen (secondary N) is 4. The second-order valence-electron chi connectivity index (χ2n) is 12.3. The molecule has 3 aromatic heterocycles. The molecule has 4 heterocycles. The Morgan fingerprint density at radius 1 is 1.16 bits per heavy atom. The lowest BCUT2D eigenvalue weighted by Crippen LogP contribution is -2.52. The minimum atomic E-state index is -4.40. The molecule has 0 spiro atoms. The molecule has 224 valence electrons. The van der Waals surface area contributed by atoms with E-state index in [1.807, 2.05) is 36.0 Å². The summed E-state index contributed by atoms with van der Waals surface area (Å²) < 4.78 is 43.8. The third-order valence-electron chi connectivity index (χ3n) is 7.88. The average molecular weight is 610 g/mol. The van der Waals surface area contributed by atoms with Crippen LogP contribution in [0.25, 0.3) is 21.9 Å². The number of hydrogen-bond donors (Lipinski definition) is 4. The number of alkyl halides is 3. The van der Waals surface area contributed by atoms with Crippen LogP contribution in [0.2, 0.25) is 5.02 Å². The van der Waals surface area contributed by atoms with Gasteiger partial charge in [0.25, 0.3) is 0 Å². The summed E-state index contributed by atoms with van der Waals surface area (Å²) in [5.41, 5.74) is 7.83. The second kappa shape index (κ2) is 10.2. The van der Waals surface area contributed by atoms with Crippen LogP contribution in [0.5, 0.6) is 0 Å². The Bertz CT molecular complexity index is 1800. The molecule has 0 radical (unpaired) electrons. The summed E-state index contributed by atoms with van der Waals surface area (Å²) in [6.45, 7) is 6.86. The maximum Gasteiger partial charge on any atom is 0.413 e. The van der Waals surface area contributed by atoms with E-state index in [0.717, 1.165) is 21.6 Å². The van der Waals surface area contributed by atoms with Gasteiger partial charge in [0.05, 0.1) is 33.5 Å².